The van der Waals surface area contributed by atoms with Crippen molar-refractivity contribution in [1.82, 2.24) is 25.1 Å². The van der Waals surface area contributed by atoms with Crippen LogP contribution in [0.5, 0.6) is 0 Å². The van der Waals surface area contributed by atoms with Crippen LogP contribution in [-0.2, 0) is 13.1 Å². The number of aromatic nitrogens is 4. The minimum Gasteiger partial charge on any atom is -0.386 e. The number of rotatable bonds is 8. The molecule has 1 atom stereocenters. The lowest BCUT2D eigenvalue weighted by Crippen LogP contribution is -2.28. The van der Waals surface area contributed by atoms with Gasteiger partial charge in [0.05, 0.1) is 24.2 Å². The summed E-state index contributed by atoms with van der Waals surface area (Å²) in [7, 11) is 1.54. The van der Waals surface area contributed by atoms with E-state index in [-0.39, 0.29) is 30.0 Å². The summed E-state index contributed by atoms with van der Waals surface area (Å²) in [5.74, 6) is -0.888. The first-order valence-corrected chi connectivity index (χ1v) is 9.83. The molecule has 0 bridgehead atoms. The smallest absolute Gasteiger partial charge is 0.257 e. The molecule has 3 rings (SSSR count). The van der Waals surface area contributed by atoms with Crippen LogP contribution in [0.3, 0.4) is 0 Å². The number of thiophene rings is 1. The van der Waals surface area contributed by atoms with Gasteiger partial charge in [-0.05, 0) is 24.4 Å². The van der Waals surface area contributed by atoms with Crippen molar-refractivity contribution in [3.63, 3.8) is 0 Å². The zero-order valence-electron chi connectivity index (χ0n) is 16.5. The molecule has 0 saturated heterocycles. The molecule has 0 radical (unpaired) electrons. The third kappa shape index (κ3) is 4.58. The number of hydrogen-bond acceptors (Lipinski definition) is 8. The van der Waals surface area contributed by atoms with E-state index in [2.05, 4.69) is 27.1 Å². The van der Waals surface area contributed by atoms with Crippen LogP contribution in [0.4, 0.5) is 5.00 Å². The van der Waals surface area contributed by atoms with Crippen LogP contribution in [0, 0.1) is 6.92 Å². The molecule has 0 aliphatic rings. The maximum Gasteiger partial charge on any atom is 0.257 e. The van der Waals surface area contributed by atoms with E-state index in [9.17, 15) is 14.7 Å². The summed E-state index contributed by atoms with van der Waals surface area (Å²) in [6.07, 6.45) is -0.794. The number of tetrazole rings is 1. The summed E-state index contributed by atoms with van der Waals surface area (Å²) < 4.78 is 0. The molecule has 11 heteroatoms. The number of aryl methyl sites for hydroxylation is 1. The van der Waals surface area contributed by atoms with Crippen LogP contribution in [0.25, 0.3) is 0 Å². The number of nitrogens with zero attached hydrogens (tertiary/aromatic N) is 6. The highest BCUT2D eigenvalue weighted by Gasteiger charge is 2.25. The van der Waals surface area contributed by atoms with Crippen molar-refractivity contribution in [3.05, 3.63) is 57.7 Å². The van der Waals surface area contributed by atoms with Gasteiger partial charge in [0, 0.05) is 12.4 Å². The van der Waals surface area contributed by atoms with E-state index in [4.69, 9.17) is 5.73 Å². The van der Waals surface area contributed by atoms with Gasteiger partial charge in [0.2, 0.25) is 5.91 Å². The molecule has 0 saturated carbocycles. The Balaban J connectivity index is 1.69. The Morgan fingerprint density at radius 3 is 2.70 bits per heavy atom. The number of carbonyl (C=O) groups excluding carboxylic acids is 2. The molecule has 156 valence electrons. The van der Waals surface area contributed by atoms with E-state index in [1.165, 1.54) is 15.1 Å². The normalized spacial score (nSPS) is 11.8. The Kier molecular flexibility index (Phi) is 6.33. The van der Waals surface area contributed by atoms with E-state index in [0.717, 1.165) is 22.5 Å². The highest BCUT2D eigenvalue weighted by atomic mass is 32.1. The lowest BCUT2D eigenvalue weighted by Gasteiger charge is -2.15. The fourth-order valence-electron chi connectivity index (χ4n) is 2.79. The average molecular weight is 427 g/mol. The molecule has 3 N–H and O–H groups in total. The van der Waals surface area contributed by atoms with E-state index in [1.807, 2.05) is 31.2 Å². The predicted molar refractivity (Wildman–Crippen MR) is 112 cm³/mol. The maximum absolute atomic E-state index is 12.8. The summed E-state index contributed by atoms with van der Waals surface area (Å²) in [4.78, 5) is 30.8. The molecule has 10 nitrogen and oxygen atoms in total. The Labute approximate surface area is 176 Å². The number of aliphatic imine (C=N–C) groups is 1. The highest BCUT2D eigenvalue weighted by molar-refractivity contribution is 7.14. The van der Waals surface area contributed by atoms with Gasteiger partial charge in [-0.15, -0.1) is 21.5 Å². The largest absolute Gasteiger partial charge is 0.386 e. The molecule has 30 heavy (non-hydrogen) atoms. The predicted octanol–water partition coefficient (Wildman–Crippen LogP) is 1.48. The summed E-state index contributed by atoms with van der Waals surface area (Å²) in [6, 6.07) is 7.51. The topological polar surface area (TPSA) is 140 Å². The first kappa shape index (κ1) is 21.3. The molecule has 1 aromatic carbocycles. The molecule has 0 unspecified atom stereocenters. The van der Waals surface area contributed by atoms with Gasteiger partial charge in [0.15, 0.2) is 5.82 Å². The third-order valence-corrected chi connectivity index (χ3v) is 5.32. The maximum atomic E-state index is 12.8. The second-order valence-corrected chi connectivity index (χ2v) is 7.56. The van der Waals surface area contributed by atoms with Crippen LogP contribution in [-0.4, -0.2) is 55.8 Å². The molecule has 0 spiro atoms. The molecule has 0 fully saturated rings. The summed E-state index contributed by atoms with van der Waals surface area (Å²) in [5, 5.41) is 24.2. The van der Waals surface area contributed by atoms with Gasteiger partial charge in [-0.3, -0.25) is 14.6 Å². The first-order valence-electron chi connectivity index (χ1n) is 8.95. The minimum absolute atomic E-state index is 0.0457. The standard InChI is InChI=1S/C19H21N7O3S/c1-11-4-6-12(7-5-11)14(27)8-26-23-15(22-24-26)9-25(3)19(29)16-13(17(20)28)10-30-18(16)21-2/h4-7,10,14,27H,2,8-9H2,1,3H3,(H2,20,28)/t14-/m0/s1. The highest BCUT2D eigenvalue weighted by Crippen LogP contribution is 2.31. The van der Waals surface area contributed by atoms with Crippen molar-refractivity contribution in [2.75, 3.05) is 7.05 Å². The van der Waals surface area contributed by atoms with Crippen molar-refractivity contribution < 1.29 is 14.7 Å². The monoisotopic (exact) mass is 427 g/mol. The SMILES string of the molecule is C=Nc1scc(C(N)=O)c1C(=O)N(C)Cc1nnn(C[C@H](O)c2ccc(C)cc2)n1. The Morgan fingerprint density at radius 2 is 2.07 bits per heavy atom. The zero-order valence-corrected chi connectivity index (χ0v) is 17.3. The van der Waals surface area contributed by atoms with E-state index in [1.54, 1.807) is 7.05 Å². The van der Waals surface area contributed by atoms with Crippen LogP contribution in [0.1, 0.15) is 43.8 Å². The number of amides is 2. The summed E-state index contributed by atoms with van der Waals surface area (Å²) in [5.41, 5.74) is 7.39. The van der Waals surface area contributed by atoms with Gasteiger partial charge in [-0.25, -0.2) is 0 Å². The quantitative estimate of drug-likeness (QED) is 0.522. The van der Waals surface area contributed by atoms with E-state index in [0.29, 0.717) is 5.00 Å². The number of nitrogens with two attached hydrogens (primary N) is 1. The Hall–Kier alpha value is -3.44. The fourth-order valence-corrected chi connectivity index (χ4v) is 3.65. The average Bonchev–Trinajstić information content (AvgIpc) is 3.34. The van der Waals surface area contributed by atoms with Gasteiger partial charge < -0.3 is 15.7 Å². The minimum atomic E-state index is -0.794. The van der Waals surface area contributed by atoms with Crippen molar-refractivity contribution in [1.29, 1.82) is 0 Å². The molecule has 2 heterocycles. The molecule has 0 aliphatic heterocycles. The Morgan fingerprint density at radius 1 is 1.37 bits per heavy atom. The number of benzene rings is 1. The number of aliphatic hydroxyl groups is 1. The number of carbonyl (C=O) groups is 2. The summed E-state index contributed by atoms with van der Waals surface area (Å²) >= 11 is 1.11. The molecular formula is C19H21N7O3S. The second-order valence-electron chi connectivity index (χ2n) is 6.70. The van der Waals surface area contributed by atoms with Crippen molar-refractivity contribution in [2.24, 2.45) is 10.7 Å². The van der Waals surface area contributed by atoms with Gasteiger partial charge in [0.1, 0.15) is 11.1 Å². The molecule has 0 aliphatic carbocycles. The fraction of sp³-hybridized carbons (Fsp3) is 0.263. The lowest BCUT2D eigenvalue weighted by molar-refractivity contribution is 0.0777. The van der Waals surface area contributed by atoms with Crippen LogP contribution < -0.4 is 5.73 Å². The third-order valence-electron chi connectivity index (χ3n) is 4.41. The van der Waals surface area contributed by atoms with Crippen LogP contribution >= 0.6 is 11.3 Å². The van der Waals surface area contributed by atoms with Gasteiger partial charge in [-0.1, -0.05) is 29.8 Å². The molecule has 3 aromatic rings. The summed E-state index contributed by atoms with van der Waals surface area (Å²) in [6.45, 7) is 5.56. The van der Waals surface area contributed by atoms with Gasteiger partial charge in [0.25, 0.3) is 5.91 Å². The van der Waals surface area contributed by atoms with Crippen molar-refractivity contribution in [3.8, 4) is 0 Å². The Bertz CT molecular complexity index is 1070. The molecular weight excluding hydrogens is 406 g/mol. The van der Waals surface area contributed by atoms with Gasteiger partial charge >= 0.3 is 0 Å². The van der Waals surface area contributed by atoms with E-state index < -0.39 is 17.9 Å². The first-order chi connectivity index (χ1) is 14.3. The number of hydrogen-bond donors (Lipinski definition) is 2. The molecule has 2 aromatic heterocycles. The van der Waals surface area contributed by atoms with E-state index >= 15 is 0 Å². The second kappa shape index (κ2) is 8.93. The van der Waals surface area contributed by atoms with Crippen LogP contribution in [0.15, 0.2) is 34.6 Å². The number of primary amides is 1. The lowest BCUT2D eigenvalue weighted by atomic mass is 10.1. The van der Waals surface area contributed by atoms with Gasteiger partial charge in [-0.2, -0.15) is 4.80 Å². The molecule has 2 amide bonds. The van der Waals surface area contributed by atoms with Crippen molar-refractivity contribution in [2.45, 2.75) is 26.1 Å². The zero-order chi connectivity index (χ0) is 21.8. The number of aliphatic hydroxyl groups excluding tert-OH is 1. The van der Waals surface area contributed by atoms with Crippen molar-refractivity contribution >= 4 is 34.9 Å². The van der Waals surface area contributed by atoms with Crippen LogP contribution in [0.2, 0.25) is 0 Å².